The molecular formula is C9H10N4O3. The molecule has 0 atom stereocenters. The molecule has 2 rings (SSSR count). The van der Waals surface area contributed by atoms with Crippen molar-refractivity contribution in [3.8, 4) is 0 Å². The summed E-state index contributed by atoms with van der Waals surface area (Å²) in [5.41, 5.74) is 6.68. The second-order valence-corrected chi connectivity index (χ2v) is 3.37. The molecule has 0 aliphatic rings. The Balaban J connectivity index is 2.36. The number of anilines is 1. The van der Waals surface area contributed by atoms with Crippen molar-refractivity contribution < 1.29 is 9.34 Å². The molecule has 0 aliphatic heterocycles. The van der Waals surface area contributed by atoms with Gasteiger partial charge in [-0.25, -0.2) is 4.68 Å². The maximum absolute atomic E-state index is 10.7. The van der Waals surface area contributed by atoms with Crippen molar-refractivity contribution in [1.82, 2.24) is 9.78 Å². The van der Waals surface area contributed by atoms with E-state index < -0.39 is 4.92 Å². The second-order valence-electron chi connectivity index (χ2n) is 3.37. The summed E-state index contributed by atoms with van der Waals surface area (Å²) in [6.45, 7) is 1.91. The molecule has 0 saturated heterocycles. The highest BCUT2D eigenvalue weighted by Gasteiger charge is 2.22. The van der Waals surface area contributed by atoms with E-state index in [1.54, 1.807) is 19.3 Å². The highest BCUT2D eigenvalue weighted by atomic mass is 16.6. The molecule has 0 bridgehead atoms. The summed E-state index contributed by atoms with van der Waals surface area (Å²) >= 11 is 0. The minimum Gasteiger partial charge on any atom is -0.472 e. The van der Waals surface area contributed by atoms with Crippen LogP contribution in [0.1, 0.15) is 11.3 Å². The number of aromatic nitrogens is 2. The minimum absolute atomic E-state index is 0.0590. The average Bonchev–Trinajstić information content (AvgIpc) is 2.76. The zero-order valence-electron chi connectivity index (χ0n) is 8.58. The van der Waals surface area contributed by atoms with Crippen LogP contribution in [-0.2, 0) is 6.54 Å². The molecule has 2 heterocycles. The van der Waals surface area contributed by atoms with Crippen LogP contribution in [0.4, 0.5) is 11.5 Å². The van der Waals surface area contributed by atoms with Crippen LogP contribution < -0.4 is 5.73 Å². The Bertz CT molecular complexity index is 515. The van der Waals surface area contributed by atoms with Gasteiger partial charge in [-0.1, -0.05) is 0 Å². The Morgan fingerprint density at radius 1 is 1.69 bits per heavy atom. The fraction of sp³-hybridized carbons (Fsp3) is 0.222. The normalized spacial score (nSPS) is 10.6. The summed E-state index contributed by atoms with van der Waals surface area (Å²) in [5, 5.41) is 14.7. The van der Waals surface area contributed by atoms with Crippen molar-refractivity contribution in [2.45, 2.75) is 13.5 Å². The molecule has 0 aromatic carbocycles. The quantitative estimate of drug-likeness (QED) is 0.623. The summed E-state index contributed by atoms with van der Waals surface area (Å²) < 4.78 is 6.28. The highest BCUT2D eigenvalue weighted by Crippen LogP contribution is 2.25. The molecule has 7 heteroatoms. The monoisotopic (exact) mass is 222 g/mol. The number of rotatable bonds is 3. The van der Waals surface area contributed by atoms with Gasteiger partial charge >= 0.3 is 5.69 Å². The number of nitro groups is 1. The van der Waals surface area contributed by atoms with Gasteiger partial charge in [0.15, 0.2) is 0 Å². The molecule has 2 N–H and O–H groups in total. The topological polar surface area (TPSA) is 100 Å². The van der Waals surface area contributed by atoms with E-state index in [0.29, 0.717) is 12.2 Å². The molecule has 0 radical (unpaired) electrons. The lowest BCUT2D eigenvalue weighted by Gasteiger charge is -1.99. The van der Waals surface area contributed by atoms with Gasteiger partial charge in [0.05, 0.1) is 24.0 Å². The van der Waals surface area contributed by atoms with E-state index in [-0.39, 0.29) is 11.5 Å². The molecule has 0 aliphatic carbocycles. The van der Waals surface area contributed by atoms with Gasteiger partial charge in [-0.15, -0.1) is 0 Å². The number of aryl methyl sites for hydroxylation is 1. The van der Waals surface area contributed by atoms with Crippen molar-refractivity contribution in [3.05, 3.63) is 40.0 Å². The molecule has 2 aromatic heterocycles. The van der Waals surface area contributed by atoms with E-state index >= 15 is 0 Å². The predicted octanol–water partition coefficient (Wildman–Crippen LogP) is 1.32. The lowest BCUT2D eigenvalue weighted by molar-refractivity contribution is -0.384. The molecule has 16 heavy (non-hydrogen) atoms. The third kappa shape index (κ3) is 1.62. The van der Waals surface area contributed by atoms with Crippen LogP contribution in [0.2, 0.25) is 0 Å². The predicted molar refractivity (Wildman–Crippen MR) is 55.8 cm³/mol. The summed E-state index contributed by atoms with van der Waals surface area (Å²) in [6, 6.07) is 1.75. The first kappa shape index (κ1) is 10.2. The van der Waals surface area contributed by atoms with Crippen LogP contribution in [0.5, 0.6) is 0 Å². The molecule has 0 saturated carbocycles. The van der Waals surface area contributed by atoms with Crippen molar-refractivity contribution in [3.63, 3.8) is 0 Å². The second kappa shape index (κ2) is 3.69. The lowest BCUT2D eigenvalue weighted by Crippen LogP contribution is -2.06. The van der Waals surface area contributed by atoms with Gasteiger partial charge in [-0.05, 0) is 13.0 Å². The van der Waals surface area contributed by atoms with Crippen molar-refractivity contribution in [1.29, 1.82) is 0 Å². The largest absolute Gasteiger partial charge is 0.472 e. The lowest BCUT2D eigenvalue weighted by atomic mass is 10.3. The SMILES string of the molecule is Cc1nn(Cc2ccoc2)c(N)c1[N+](=O)[O-]. The first-order valence-corrected chi connectivity index (χ1v) is 4.58. The number of nitrogens with two attached hydrogens (primary N) is 1. The first-order chi connectivity index (χ1) is 7.59. The number of hydrogen-bond donors (Lipinski definition) is 1. The standard InChI is InChI=1S/C9H10N4O3/c1-6-8(13(14)15)9(10)12(11-6)4-7-2-3-16-5-7/h2-3,5H,4,10H2,1H3. The van der Waals surface area contributed by atoms with Gasteiger partial charge in [0.25, 0.3) is 0 Å². The van der Waals surface area contributed by atoms with Crippen molar-refractivity contribution in [2.75, 3.05) is 5.73 Å². The number of hydrogen-bond acceptors (Lipinski definition) is 5. The summed E-state index contributed by atoms with van der Waals surface area (Å²) in [4.78, 5) is 10.2. The maximum atomic E-state index is 10.7. The molecule has 0 unspecified atom stereocenters. The molecular weight excluding hydrogens is 212 g/mol. The van der Waals surface area contributed by atoms with Crippen LogP contribution in [0.3, 0.4) is 0 Å². The van der Waals surface area contributed by atoms with Gasteiger partial charge in [0.2, 0.25) is 5.82 Å². The van der Waals surface area contributed by atoms with Gasteiger partial charge < -0.3 is 10.2 Å². The average molecular weight is 222 g/mol. The molecule has 0 fully saturated rings. The Morgan fingerprint density at radius 3 is 2.94 bits per heavy atom. The summed E-state index contributed by atoms with van der Waals surface area (Å²) in [5.74, 6) is 0.0590. The fourth-order valence-corrected chi connectivity index (χ4v) is 1.49. The number of nitrogen functional groups attached to an aromatic ring is 1. The third-order valence-corrected chi connectivity index (χ3v) is 2.23. The summed E-state index contributed by atoms with van der Waals surface area (Å²) in [6.07, 6.45) is 3.07. The minimum atomic E-state index is -0.524. The van der Waals surface area contributed by atoms with E-state index in [0.717, 1.165) is 5.56 Å². The van der Waals surface area contributed by atoms with E-state index in [1.807, 2.05) is 0 Å². The third-order valence-electron chi connectivity index (χ3n) is 2.23. The first-order valence-electron chi connectivity index (χ1n) is 4.58. The number of furan rings is 1. The zero-order chi connectivity index (χ0) is 11.7. The fourth-order valence-electron chi connectivity index (χ4n) is 1.49. The zero-order valence-corrected chi connectivity index (χ0v) is 8.58. The maximum Gasteiger partial charge on any atom is 0.333 e. The number of nitrogens with zero attached hydrogens (tertiary/aromatic N) is 3. The van der Waals surface area contributed by atoms with Crippen LogP contribution in [0, 0.1) is 17.0 Å². The summed E-state index contributed by atoms with van der Waals surface area (Å²) in [7, 11) is 0. The molecule has 7 nitrogen and oxygen atoms in total. The Morgan fingerprint density at radius 2 is 2.44 bits per heavy atom. The Hall–Kier alpha value is -2.31. The van der Waals surface area contributed by atoms with E-state index in [4.69, 9.17) is 10.2 Å². The van der Waals surface area contributed by atoms with Crippen molar-refractivity contribution in [2.24, 2.45) is 0 Å². The smallest absolute Gasteiger partial charge is 0.333 e. The van der Waals surface area contributed by atoms with Crippen LogP contribution in [-0.4, -0.2) is 14.7 Å². The van der Waals surface area contributed by atoms with Gasteiger partial charge in [0.1, 0.15) is 5.69 Å². The van der Waals surface area contributed by atoms with Crippen molar-refractivity contribution >= 4 is 11.5 Å². The molecule has 2 aromatic rings. The highest BCUT2D eigenvalue weighted by molar-refractivity contribution is 5.56. The van der Waals surface area contributed by atoms with Gasteiger partial charge in [-0.3, -0.25) is 10.1 Å². The van der Waals surface area contributed by atoms with E-state index in [1.165, 1.54) is 10.9 Å². The van der Waals surface area contributed by atoms with E-state index in [9.17, 15) is 10.1 Å². The Labute approximate surface area is 90.6 Å². The molecule has 84 valence electrons. The molecule has 0 amide bonds. The Kier molecular flexibility index (Phi) is 2.35. The van der Waals surface area contributed by atoms with Crippen LogP contribution in [0.15, 0.2) is 23.0 Å². The molecule has 0 spiro atoms. The van der Waals surface area contributed by atoms with Gasteiger partial charge in [-0.2, -0.15) is 5.10 Å². The van der Waals surface area contributed by atoms with Crippen LogP contribution in [0.25, 0.3) is 0 Å². The van der Waals surface area contributed by atoms with Gasteiger partial charge in [0, 0.05) is 5.56 Å². The van der Waals surface area contributed by atoms with Crippen LogP contribution >= 0.6 is 0 Å². The van der Waals surface area contributed by atoms with E-state index in [2.05, 4.69) is 5.10 Å².